The molecule has 0 aliphatic heterocycles. The Labute approximate surface area is 114 Å². The van der Waals surface area contributed by atoms with Crippen molar-refractivity contribution in [2.45, 2.75) is 12.8 Å². The van der Waals surface area contributed by atoms with Gasteiger partial charge in [-0.3, -0.25) is 4.79 Å². The Hall–Kier alpha value is -2.03. The number of Topliss-reactive ketones (excluding diaryl/α,β-unsaturated/α-hetero) is 1. The molecule has 19 heavy (non-hydrogen) atoms. The third-order valence-electron chi connectivity index (χ3n) is 3.25. The Morgan fingerprint density at radius 1 is 1.37 bits per heavy atom. The van der Waals surface area contributed by atoms with Gasteiger partial charge in [0.25, 0.3) is 0 Å². The summed E-state index contributed by atoms with van der Waals surface area (Å²) in [4.78, 5) is 14.4. The topological polar surface area (TPSA) is 29.5 Å². The average molecular weight is 257 g/mol. The highest BCUT2D eigenvalue weighted by Crippen LogP contribution is 2.25. The number of hydrogen-bond donors (Lipinski definition) is 0. The van der Waals surface area contributed by atoms with Gasteiger partial charge in [-0.1, -0.05) is 18.2 Å². The van der Waals surface area contributed by atoms with Crippen molar-refractivity contribution in [1.82, 2.24) is 4.90 Å². The molecule has 0 heterocycles. The fourth-order valence-electron chi connectivity index (χ4n) is 2.26. The predicted molar refractivity (Wildman–Crippen MR) is 76.4 cm³/mol. The molecule has 0 unspecified atom stereocenters. The van der Waals surface area contributed by atoms with Gasteiger partial charge in [0, 0.05) is 31.8 Å². The molecule has 2 rings (SSSR count). The SMILES string of the molecule is COc1cccc(C(=O)CC2=C(N(C)C)C=CC2)c1. The number of benzene rings is 1. The lowest BCUT2D eigenvalue weighted by Crippen LogP contribution is -2.11. The van der Waals surface area contributed by atoms with Crippen LogP contribution in [0.1, 0.15) is 23.2 Å². The van der Waals surface area contributed by atoms with Gasteiger partial charge in [-0.25, -0.2) is 0 Å². The molecule has 3 heteroatoms. The molecular weight excluding hydrogens is 238 g/mol. The smallest absolute Gasteiger partial charge is 0.167 e. The fourth-order valence-corrected chi connectivity index (χ4v) is 2.26. The number of hydrogen-bond acceptors (Lipinski definition) is 3. The van der Waals surface area contributed by atoms with Gasteiger partial charge in [0.2, 0.25) is 0 Å². The largest absolute Gasteiger partial charge is 0.497 e. The Balaban J connectivity index is 2.15. The first-order chi connectivity index (χ1) is 9.11. The summed E-state index contributed by atoms with van der Waals surface area (Å²) in [5.74, 6) is 0.856. The van der Waals surface area contributed by atoms with E-state index in [1.165, 1.54) is 5.57 Å². The third kappa shape index (κ3) is 3.05. The monoisotopic (exact) mass is 257 g/mol. The van der Waals surface area contributed by atoms with Crippen molar-refractivity contribution in [1.29, 1.82) is 0 Å². The molecule has 0 spiro atoms. The Morgan fingerprint density at radius 3 is 2.84 bits per heavy atom. The van der Waals surface area contributed by atoms with Gasteiger partial charge in [-0.15, -0.1) is 0 Å². The van der Waals surface area contributed by atoms with E-state index in [1.54, 1.807) is 13.2 Å². The molecule has 0 N–H and O–H groups in total. The van der Waals surface area contributed by atoms with E-state index in [-0.39, 0.29) is 5.78 Å². The maximum Gasteiger partial charge on any atom is 0.167 e. The molecule has 0 aromatic heterocycles. The van der Waals surface area contributed by atoms with Crippen LogP contribution in [0.2, 0.25) is 0 Å². The van der Waals surface area contributed by atoms with Gasteiger partial charge in [-0.05, 0) is 30.2 Å². The number of allylic oxidation sites excluding steroid dienone is 3. The van der Waals surface area contributed by atoms with Crippen molar-refractivity contribution >= 4 is 5.78 Å². The van der Waals surface area contributed by atoms with Crippen LogP contribution in [0, 0.1) is 0 Å². The zero-order valence-corrected chi connectivity index (χ0v) is 11.6. The normalized spacial score (nSPS) is 13.8. The average Bonchev–Trinajstić information content (AvgIpc) is 2.87. The standard InChI is InChI=1S/C16H19NO2/c1-17(2)15-9-5-6-12(15)11-16(18)13-7-4-8-14(10-13)19-3/h4-5,7-10H,6,11H2,1-3H3. The van der Waals surface area contributed by atoms with E-state index in [2.05, 4.69) is 17.1 Å². The molecule has 0 saturated carbocycles. The van der Waals surface area contributed by atoms with Gasteiger partial charge in [0.15, 0.2) is 5.78 Å². The van der Waals surface area contributed by atoms with E-state index in [1.807, 2.05) is 32.3 Å². The maximum atomic E-state index is 12.3. The van der Waals surface area contributed by atoms with Crippen LogP contribution in [-0.4, -0.2) is 31.9 Å². The Kier molecular flexibility index (Phi) is 4.05. The fraction of sp³-hybridized carbons (Fsp3) is 0.312. The molecule has 0 amide bonds. The summed E-state index contributed by atoms with van der Waals surface area (Å²) in [6.07, 6.45) is 5.51. The van der Waals surface area contributed by atoms with E-state index in [0.29, 0.717) is 12.0 Å². The Morgan fingerprint density at radius 2 is 2.16 bits per heavy atom. The van der Waals surface area contributed by atoms with Crippen LogP contribution < -0.4 is 4.74 Å². The zero-order valence-electron chi connectivity index (χ0n) is 11.6. The summed E-state index contributed by atoms with van der Waals surface area (Å²) in [6.45, 7) is 0. The van der Waals surface area contributed by atoms with Crippen LogP contribution >= 0.6 is 0 Å². The summed E-state index contributed by atoms with van der Waals surface area (Å²) >= 11 is 0. The van der Waals surface area contributed by atoms with Gasteiger partial charge in [0.05, 0.1) is 7.11 Å². The van der Waals surface area contributed by atoms with E-state index in [4.69, 9.17) is 4.74 Å². The van der Waals surface area contributed by atoms with Crippen molar-refractivity contribution in [3.05, 3.63) is 53.3 Å². The van der Waals surface area contributed by atoms with E-state index >= 15 is 0 Å². The number of nitrogens with zero attached hydrogens (tertiary/aromatic N) is 1. The van der Waals surface area contributed by atoms with Crippen LogP contribution in [0.3, 0.4) is 0 Å². The highest BCUT2D eigenvalue weighted by Gasteiger charge is 2.16. The second kappa shape index (κ2) is 5.74. The van der Waals surface area contributed by atoms with Gasteiger partial charge < -0.3 is 9.64 Å². The second-order valence-electron chi connectivity index (χ2n) is 4.82. The van der Waals surface area contributed by atoms with E-state index < -0.39 is 0 Å². The number of carbonyl (C=O) groups is 1. The number of likely N-dealkylation sites (N-methyl/N-ethyl adjacent to an activating group) is 1. The predicted octanol–water partition coefficient (Wildman–Crippen LogP) is 3.04. The molecule has 100 valence electrons. The van der Waals surface area contributed by atoms with Crippen LogP contribution in [0.15, 0.2) is 47.7 Å². The molecular formula is C16H19NO2. The molecule has 0 radical (unpaired) electrons. The minimum atomic E-state index is 0.136. The zero-order chi connectivity index (χ0) is 13.8. The number of ketones is 1. The molecule has 0 bridgehead atoms. The first kappa shape index (κ1) is 13.4. The van der Waals surface area contributed by atoms with Gasteiger partial charge >= 0.3 is 0 Å². The molecule has 0 saturated heterocycles. The maximum absolute atomic E-state index is 12.3. The highest BCUT2D eigenvalue weighted by atomic mass is 16.5. The van der Waals surface area contributed by atoms with Crippen molar-refractivity contribution in [2.75, 3.05) is 21.2 Å². The molecule has 1 aliphatic rings. The molecule has 0 fully saturated rings. The van der Waals surface area contributed by atoms with Crippen LogP contribution in [0.25, 0.3) is 0 Å². The second-order valence-corrected chi connectivity index (χ2v) is 4.82. The molecule has 3 nitrogen and oxygen atoms in total. The molecule has 1 aliphatic carbocycles. The van der Waals surface area contributed by atoms with Gasteiger partial charge in [-0.2, -0.15) is 0 Å². The van der Waals surface area contributed by atoms with Crippen molar-refractivity contribution in [3.63, 3.8) is 0 Å². The summed E-state index contributed by atoms with van der Waals surface area (Å²) in [7, 11) is 5.61. The van der Waals surface area contributed by atoms with Crippen molar-refractivity contribution in [3.8, 4) is 5.75 Å². The highest BCUT2D eigenvalue weighted by molar-refractivity contribution is 5.98. The number of ether oxygens (including phenoxy) is 1. The minimum absolute atomic E-state index is 0.136. The van der Waals surface area contributed by atoms with Crippen LogP contribution in [0.4, 0.5) is 0 Å². The van der Waals surface area contributed by atoms with Gasteiger partial charge in [0.1, 0.15) is 5.75 Å². The minimum Gasteiger partial charge on any atom is -0.497 e. The van der Waals surface area contributed by atoms with E-state index in [9.17, 15) is 4.79 Å². The van der Waals surface area contributed by atoms with Crippen molar-refractivity contribution < 1.29 is 9.53 Å². The lowest BCUT2D eigenvalue weighted by atomic mass is 10.0. The third-order valence-corrected chi connectivity index (χ3v) is 3.25. The van der Waals surface area contributed by atoms with Crippen LogP contribution in [0.5, 0.6) is 5.75 Å². The number of carbonyl (C=O) groups excluding carboxylic acids is 1. The molecule has 1 aromatic carbocycles. The molecule has 1 aromatic rings. The van der Waals surface area contributed by atoms with Crippen LogP contribution in [-0.2, 0) is 0 Å². The lowest BCUT2D eigenvalue weighted by Gasteiger charge is -2.15. The first-order valence-electron chi connectivity index (χ1n) is 6.35. The summed E-state index contributed by atoms with van der Waals surface area (Å²) in [6, 6.07) is 7.32. The quantitative estimate of drug-likeness (QED) is 0.759. The lowest BCUT2D eigenvalue weighted by molar-refractivity contribution is 0.0991. The Bertz CT molecular complexity index is 541. The molecule has 0 atom stereocenters. The number of methoxy groups -OCH3 is 1. The van der Waals surface area contributed by atoms with Crippen molar-refractivity contribution in [2.24, 2.45) is 0 Å². The summed E-state index contributed by atoms with van der Waals surface area (Å²) in [5.41, 5.74) is 3.03. The number of rotatable bonds is 5. The summed E-state index contributed by atoms with van der Waals surface area (Å²) < 4.78 is 5.15. The van der Waals surface area contributed by atoms with E-state index in [0.717, 1.165) is 17.9 Å². The summed E-state index contributed by atoms with van der Waals surface area (Å²) in [5, 5.41) is 0. The first-order valence-corrected chi connectivity index (χ1v) is 6.35.